The highest BCUT2D eigenvalue weighted by Crippen LogP contribution is 2.33. The number of rotatable bonds is 6. The van der Waals surface area contributed by atoms with Crippen LogP contribution in [0.1, 0.15) is 32.5 Å². The molecule has 0 radical (unpaired) electrons. The molecule has 0 unspecified atom stereocenters. The van der Waals surface area contributed by atoms with Crippen LogP contribution in [0.3, 0.4) is 0 Å². The predicted molar refractivity (Wildman–Crippen MR) is 117 cm³/mol. The molecule has 1 aliphatic heterocycles. The normalized spacial score (nSPS) is 13.4. The average molecular weight is 442 g/mol. The Morgan fingerprint density at radius 1 is 1.06 bits per heavy atom. The van der Waals surface area contributed by atoms with Crippen LogP contribution in [0.25, 0.3) is 11.3 Å². The molecule has 0 atom stereocenters. The van der Waals surface area contributed by atoms with E-state index in [1.807, 2.05) is 4.57 Å². The minimum Gasteiger partial charge on any atom is -0.340 e. The first kappa shape index (κ1) is 21.9. The van der Waals surface area contributed by atoms with Gasteiger partial charge in [-0.3, -0.25) is 4.79 Å². The molecule has 1 N–H and O–H groups in total. The zero-order valence-electron chi connectivity index (χ0n) is 18.0. The number of benzene rings is 2. The third-order valence-corrected chi connectivity index (χ3v) is 5.56. The average Bonchev–Trinajstić information content (AvgIpc) is 3.12. The molecule has 0 saturated carbocycles. The molecule has 8 heteroatoms. The van der Waals surface area contributed by atoms with E-state index in [4.69, 9.17) is 4.98 Å². The lowest BCUT2D eigenvalue weighted by molar-refractivity contribution is -0.133. The number of anilines is 2. The van der Waals surface area contributed by atoms with E-state index in [2.05, 4.69) is 19.2 Å². The predicted octanol–water partition coefficient (Wildman–Crippen LogP) is 5.49. The number of nitrogens with zero attached hydrogens (tertiary/aromatic N) is 3. The molecule has 0 fully saturated rings. The third-order valence-electron chi connectivity index (χ3n) is 5.56. The highest BCUT2D eigenvalue weighted by Gasteiger charge is 2.27. The maximum absolute atomic E-state index is 13.8. The first-order valence-corrected chi connectivity index (χ1v) is 10.7. The van der Waals surface area contributed by atoms with E-state index >= 15 is 0 Å². The molecule has 4 rings (SSSR count). The maximum Gasteiger partial charge on any atom is 0.223 e. The van der Waals surface area contributed by atoms with Crippen LogP contribution in [0, 0.1) is 23.4 Å². The van der Waals surface area contributed by atoms with Crippen molar-refractivity contribution < 1.29 is 18.0 Å². The van der Waals surface area contributed by atoms with Crippen molar-refractivity contribution in [2.75, 3.05) is 11.9 Å². The van der Waals surface area contributed by atoms with Crippen LogP contribution in [0.5, 0.6) is 0 Å². The number of fused-ring (bicyclic) bond motifs is 1. The van der Waals surface area contributed by atoms with Crippen molar-refractivity contribution in [2.24, 2.45) is 5.92 Å². The molecule has 3 aromatic rings. The molecule has 2 aromatic carbocycles. The Balaban J connectivity index is 1.68. The number of hydrogen-bond acceptors (Lipinski definition) is 3. The second kappa shape index (κ2) is 9.06. The number of imidazole rings is 1. The van der Waals surface area contributed by atoms with Gasteiger partial charge in [0.05, 0.1) is 6.54 Å². The fourth-order valence-corrected chi connectivity index (χ4v) is 3.76. The molecule has 0 aliphatic carbocycles. The summed E-state index contributed by atoms with van der Waals surface area (Å²) in [4.78, 5) is 19.1. The van der Waals surface area contributed by atoms with Crippen molar-refractivity contribution in [1.29, 1.82) is 0 Å². The molecular weight excluding hydrogens is 417 g/mol. The number of carbonyl (C=O) groups excluding carboxylic acids is 1. The van der Waals surface area contributed by atoms with E-state index in [1.54, 1.807) is 17.0 Å². The van der Waals surface area contributed by atoms with Crippen molar-refractivity contribution in [3.63, 3.8) is 0 Å². The summed E-state index contributed by atoms with van der Waals surface area (Å²) in [5, 5.41) is 3.14. The Morgan fingerprint density at radius 2 is 1.81 bits per heavy atom. The molecular formula is C24H25F3N4O. The van der Waals surface area contributed by atoms with Crippen LogP contribution in [0.15, 0.2) is 42.5 Å². The van der Waals surface area contributed by atoms with Crippen molar-refractivity contribution in [3.8, 4) is 11.3 Å². The fraction of sp³-hybridized carbons (Fsp3) is 0.333. The zero-order chi connectivity index (χ0) is 22.8. The Hall–Kier alpha value is -3.29. The van der Waals surface area contributed by atoms with Gasteiger partial charge in [0.15, 0.2) is 11.6 Å². The summed E-state index contributed by atoms with van der Waals surface area (Å²) < 4.78 is 42.5. The SMILES string of the molecule is CC(C)CCC(=O)N1CCn2c(nc(-c3ccc(F)cc3)c2Nc2ccc(F)c(F)c2)C1. The summed E-state index contributed by atoms with van der Waals surface area (Å²) in [7, 11) is 0. The highest BCUT2D eigenvalue weighted by atomic mass is 19.2. The summed E-state index contributed by atoms with van der Waals surface area (Å²) in [6.45, 7) is 5.55. The highest BCUT2D eigenvalue weighted by molar-refractivity contribution is 5.78. The lowest BCUT2D eigenvalue weighted by atomic mass is 10.1. The Morgan fingerprint density at radius 3 is 2.50 bits per heavy atom. The molecule has 0 bridgehead atoms. The summed E-state index contributed by atoms with van der Waals surface area (Å²) in [6.07, 6.45) is 1.32. The van der Waals surface area contributed by atoms with Crippen LogP contribution in [0.4, 0.5) is 24.7 Å². The van der Waals surface area contributed by atoms with E-state index in [1.165, 1.54) is 18.2 Å². The van der Waals surface area contributed by atoms with Gasteiger partial charge in [-0.1, -0.05) is 13.8 Å². The van der Waals surface area contributed by atoms with E-state index in [9.17, 15) is 18.0 Å². The number of carbonyl (C=O) groups is 1. The number of nitrogens with one attached hydrogen (secondary N) is 1. The summed E-state index contributed by atoms with van der Waals surface area (Å²) >= 11 is 0. The maximum atomic E-state index is 13.8. The smallest absolute Gasteiger partial charge is 0.223 e. The monoisotopic (exact) mass is 442 g/mol. The Kier molecular flexibility index (Phi) is 6.21. The quantitative estimate of drug-likeness (QED) is 0.549. The van der Waals surface area contributed by atoms with Gasteiger partial charge < -0.3 is 14.8 Å². The molecule has 0 spiro atoms. The fourth-order valence-electron chi connectivity index (χ4n) is 3.76. The van der Waals surface area contributed by atoms with Crippen LogP contribution in [-0.2, 0) is 17.9 Å². The number of aromatic nitrogens is 2. The standard InChI is InChI=1S/C24H25F3N4O/c1-15(2)3-10-22(32)30-11-12-31-21(14-30)29-23(16-4-6-17(25)7-5-16)24(31)28-18-8-9-19(26)20(27)13-18/h4-9,13,15,28H,3,10-12,14H2,1-2H3. The topological polar surface area (TPSA) is 50.2 Å². The van der Waals surface area contributed by atoms with Gasteiger partial charge in [-0.05, 0) is 48.7 Å². The molecule has 0 saturated heterocycles. The minimum absolute atomic E-state index is 0.0893. The van der Waals surface area contributed by atoms with Crippen molar-refractivity contribution in [3.05, 3.63) is 65.7 Å². The number of halogens is 3. The van der Waals surface area contributed by atoms with E-state index in [-0.39, 0.29) is 11.7 Å². The first-order chi connectivity index (χ1) is 15.3. The molecule has 1 amide bonds. The molecule has 2 heterocycles. The van der Waals surface area contributed by atoms with Gasteiger partial charge >= 0.3 is 0 Å². The summed E-state index contributed by atoms with van der Waals surface area (Å²) in [5.41, 5.74) is 1.60. The number of hydrogen-bond donors (Lipinski definition) is 1. The van der Waals surface area contributed by atoms with Crippen LogP contribution in [0.2, 0.25) is 0 Å². The van der Waals surface area contributed by atoms with E-state index in [0.29, 0.717) is 60.6 Å². The van der Waals surface area contributed by atoms with Gasteiger partial charge in [0.25, 0.3) is 0 Å². The van der Waals surface area contributed by atoms with Gasteiger partial charge in [-0.25, -0.2) is 18.2 Å². The van der Waals surface area contributed by atoms with Crippen LogP contribution < -0.4 is 5.32 Å². The summed E-state index contributed by atoms with van der Waals surface area (Å²) in [5.74, 6) is -0.451. The molecule has 168 valence electrons. The van der Waals surface area contributed by atoms with Crippen molar-refractivity contribution in [2.45, 2.75) is 39.8 Å². The number of amides is 1. The third kappa shape index (κ3) is 4.64. The van der Waals surface area contributed by atoms with E-state index < -0.39 is 11.6 Å². The molecule has 32 heavy (non-hydrogen) atoms. The van der Waals surface area contributed by atoms with Gasteiger partial charge in [-0.15, -0.1) is 0 Å². The van der Waals surface area contributed by atoms with Gasteiger partial charge in [-0.2, -0.15) is 0 Å². The lowest BCUT2D eigenvalue weighted by Crippen LogP contribution is -2.38. The zero-order valence-corrected chi connectivity index (χ0v) is 18.0. The Bertz CT molecular complexity index is 1130. The second-order valence-electron chi connectivity index (χ2n) is 8.39. The van der Waals surface area contributed by atoms with Gasteiger partial charge in [0.1, 0.15) is 23.2 Å². The second-order valence-corrected chi connectivity index (χ2v) is 8.39. The van der Waals surface area contributed by atoms with Crippen LogP contribution in [-0.4, -0.2) is 26.9 Å². The van der Waals surface area contributed by atoms with E-state index in [0.717, 1.165) is 18.6 Å². The molecule has 1 aliphatic rings. The minimum atomic E-state index is -0.960. The van der Waals surface area contributed by atoms with Crippen molar-refractivity contribution in [1.82, 2.24) is 14.5 Å². The molecule has 1 aromatic heterocycles. The van der Waals surface area contributed by atoms with Crippen molar-refractivity contribution >= 4 is 17.4 Å². The lowest BCUT2D eigenvalue weighted by Gasteiger charge is -2.29. The van der Waals surface area contributed by atoms with Gasteiger partial charge in [0, 0.05) is 36.8 Å². The summed E-state index contributed by atoms with van der Waals surface area (Å²) in [6, 6.07) is 9.49. The first-order valence-electron chi connectivity index (χ1n) is 10.7. The van der Waals surface area contributed by atoms with Gasteiger partial charge in [0.2, 0.25) is 5.91 Å². The molecule has 5 nitrogen and oxygen atoms in total. The van der Waals surface area contributed by atoms with Crippen LogP contribution >= 0.6 is 0 Å². The Labute approximate surface area is 184 Å². The largest absolute Gasteiger partial charge is 0.340 e.